The normalized spacial score (nSPS) is 9.46. The first-order valence-electron chi connectivity index (χ1n) is 4.26. The number of aromatic amines is 1. The van der Waals surface area contributed by atoms with E-state index in [2.05, 4.69) is 11.6 Å². The minimum absolute atomic E-state index is 0.451. The summed E-state index contributed by atoms with van der Waals surface area (Å²) in [5.41, 5.74) is 0.660. The standard InChI is InChI=1S/C8H9NO2.C2H6/c1-3-5-6-7(4-2)11-8(10)9-6;1-2/h3-5H,2H2,1H3,(H,9,10);1-2H3/b5-3-;. The highest BCUT2D eigenvalue weighted by Gasteiger charge is 2.00. The topological polar surface area (TPSA) is 46.0 Å². The molecule has 0 saturated heterocycles. The van der Waals surface area contributed by atoms with Gasteiger partial charge in [-0.1, -0.05) is 26.5 Å². The van der Waals surface area contributed by atoms with E-state index in [9.17, 15) is 4.79 Å². The molecule has 0 radical (unpaired) electrons. The third-order valence-corrected chi connectivity index (χ3v) is 1.22. The Morgan fingerprint density at radius 2 is 2.08 bits per heavy atom. The third kappa shape index (κ3) is 3.15. The number of H-pyrrole nitrogens is 1. The van der Waals surface area contributed by atoms with Gasteiger partial charge in [0.15, 0.2) is 5.76 Å². The summed E-state index contributed by atoms with van der Waals surface area (Å²) < 4.78 is 4.74. The number of oxazole rings is 1. The Morgan fingerprint density at radius 3 is 2.54 bits per heavy atom. The lowest BCUT2D eigenvalue weighted by atomic mass is 10.3. The summed E-state index contributed by atoms with van der Waals surface area (Å²) >= 11 is 0. The molecule has 3 nitrogen and oxygen atoms in total. The summed E-state index contributed by atoms with van der Waals surface area (Å²) in [5, 5.41) is 0. The van der Waals surface area contributed by atoms with Gasteiger partial charge in [0.1, 0.15) is 0 Å². The molecule has 0 saturated carbocycles. The highest BCUT2D eigenvalue weighted by molar-refractivity contribution is 5.56. The molecule has 0 aromatic carbocycles. The SMILES string of the molecule is C=Cc1oc(=O)[nH]c1/C=C\C.CC. The van der Waals surface area contributed by atoms with Crippen LogP contribution in [0.1, 0.15) is 32.2 Å². The second-order valence-electron chi connectivity index (χ2n) is 2.00. The summed E-state index contributed by atoms with van der Waals surface area (Å²) in [7, 11) is 0. The molecule has 3 heteroatoms. The molecular formula is C10H15NO2. The Balaban J connectivity index is 0.000000671. The molecule has 1 N–H and O–H groups in total. The molecule has 0 aliphatic heterocycles. The van der Waals surface area contributed by atoms with Gasteiger partial charge in [0, 0.05) is 0 Å². The van der Waals surface area contributed by atoms with Crippen molar-refractivity contribution in [2.45, 2.75) is 20.8 Å². The first-order valence-corrected chi connectivity index (χ1v) is 4.26. The predicted molar refractivity (Wildman–Crippen MR) is 55.5 cm³/mol. The molecule has 0 atom stereocenters. The summed E-state index contributed by atoms with van der Waals surface area (Å²) in [6, 6.07) is 0. The van der Waals surface area contributed by atoms with Crippen LogP contribution in [0.5, 0.6) is 0 Å². The molecule has 72 valence electrons. The number of aromatic nitrogens is 1. The van der Waals surface area contributed by atoms with Gasteiger partial charge in [-0.3, -0.25) is 4.98 Å². The molecule has 1 rings (SSSR count). The van der Waals surface area contributed by atoms with Gasteiger partial charge in [0.2, 0.25) is 0 Å². The molecule has 1 aromatic rings. The molecule has 0 unspecified atom stereocenters. The predicted octanol–water partition coefficient (Wildman–Crippen LogP) is 2.67. The van der Waals surface area contributed by atoms with Gasteiger partial charge in [-0.25, -0.2) is 4.79 Å². The van der Waals surface area contributed by atoms with Gasteiger partial charge in [0.25, 0.3) is 0 Å². The first-order chi connectivity index (χ1) is 6.27. The Bertz CT molecular complexity index is 331. The summed E-state index contributed by atoms with van der Waals surface area (Å²) in [4.78, 5) is 13.2. The van der Waals surface area contributed by atoms with Crippen molar-refractivity contribution in [3.8, 4) is 0 Å². The van der Waals surface area contributed by atoms with Gasteiger partial charge in [-0.2, -0.15) is 0 Å². The van der Waals surface area contributed by atoms with Crippen LogP contribution >= 0.6 is 0 Å². The van der Waals surface area contributed by atoms with E-state index in [-0.39, 0.29) is 0 Å². The van der Waals surface area contributed by atoms with E-state index in [0.717, 1.165) is 0 Å². The second kappa shape index (κ2) is 6.06. The van der Waals surface area contributed by atoms with E-state index >= 15 is 0 Å². The summed E-state index contributed by atoms with van der Waals surface area (Å²) in [6.45, 7) is 9.36. The highest BCUT2D eigenvalue weighted by Crippen LogP contribution is 2.06. The van der Waals surface area contributed by atoms with E-state index in [1.165, 1.54) is 6.08 Å². The largest absolute Gasteiger partial charge is 0.417 e. The van der Waals surface area contributed by atoms with Crippen LogP contribution in [0.15, 0.2) is 21.9 Å². The van der Waals surface area contributed by atoms with Crippen LogP contribution in [0.4, 0.5) is 0 Å². The molecule has 0 fully saturated rings. The molecule has 0 spiro atoms. The zero-order valence-corrected chi connectivity index (χ0v) is 8.26. The average molecular weight is 181 g/mol. The molecule has 1 heterocycles. The fourth-order valence-electron chi connectivity index (χ4n) is 0.794. The lowest BCUT2D eigenvalue weighted by molar-refractivity contribution is 0.507. The zero-order valence-electron chi connectivity index (χ0n) is 8.26. The van der Waals surface area contributed by atoms with E-state index in [4.69, 9.17) is 4.42 Å². The van der Waals surface area contributed by atoms with E-state index in [1.807, 2.05) is 26.8 Å². The molecule has 0 bridgehead atoms. The molecule has 0 aliphatic carbocycles. The second-order valence-corrected chi connectivity index (χ2v) is 2.00. The minimum atomic E-state index is -0.451. The first kappa shape index (κ1) is 11.5. The van der Waals surface area contributed by atoms with Crippen LogP contribution in [0, 0.1) is 0 Å². The smallest absolute Gasteiger partial charge is 0.408 e. The van der Waals surface area contributed by atoms with Crippen molar-refractivity contribution in [3.63, 3.8) is 0 Å². The lowest BCUT2D eigenvalue weighted by Crippen LogP contribution is -1.94. The van der Waals surface area contributed by atoms with Crippen LogP contribution in [-0.2, 0) is 0 Å². The number of nitrogens with one attached hydrogen (secondary N) is 1. The van der Waals surface area contributed by atoms with Crippen LogP contribution in [0.25, 0.3) is 12.2 Å². The Labute approximate surface area is 77.8 Å². The van der Waals surface area contributed by atoms with Crippen molar-refractivity contribution in [2.24, 2.45) is 0 Å². The minimum Gasteiger partial charge on any atom is -0.408 e. The molecule has 13 heavy (non-hydrogen) atoms. The van der Waals surface area contributed by atoms with Crippen molar-refractivity contribution in [2.75, 3.05) is 0 Å². The van der Waals surface area contributed by atoms with Crippen LogP contribution in [0.3, 0.4) is 0 Å². The fourth-order valence-corrected chi connectivity index (χ4v) is 0.794. The molecular weight excluding hydrogens is 166 g/mol. The monoisotopic (exact) mass is 181 g/mol. The van der Waals surface area contributed by atoms with Crippen molar-refractivity contribution in [3.05, 3.63) is 34.7 Å². The number of allylic oxidation sites excluding steroid dienone is 1. The Morgan fingerprint density at radius 1 is 1.46 bits per heavy atom. The van der Waals surface area contributed by atoms with Gasteiger partial charge in [0.05, 0.1) is 5.69 Å². The summed E-state index contributed by atoms with van der Waals surface area (Å²) in [5.74, 6) is 0.0288. The van der Waals surface area contributed by atoms with Crippen molar-refractivity contribution >= 4 is 12.2 Å². The highest BCUT2D eigenvalue weighted by atomic mass is 16.4. The summed E-state index contributed by atoms with van der Waals surface area (Å²) in [6.07, 6.45) is 5.06. The van der Waals surface area contributed by atoms with Gasteiger partial charge < -0.3 is 4.42 Å². The Hall–Kier alpha value is -1.51. The average Bonchev–Trinajstić information content (AvgIpc) is 2.50. The Kier molecular flexibility index (Phi) is 5.35. The maximum Gasteiger partial charge on any atom is 0.417 e. The van der Waals surface area contributed by atoms with Crippen molar-refractivity contribution in [1.29, 1.82) is 0 Å². The molecule has 1 aromatic heterocycles. The van der Waals surface area contributed by atoms with Crippen LogP contribution in [0.2, 0.25) is 0 Å². The number of rotatable bonds is 2. The van der Waals surface area contributed by atoms with E-state index in [1.54, 1.807) is 6.08 Å². The molecule has 0 amide bonds. The quantitative estimate of drug-likeness (QED) is 0.762. The van der Waals surface area contributed by atoms with Crippen molar-refractivity contribution in [1.82, 2.24) is 4.98 Å². The lowest BCUT2D eigenvalue weighted by Gasteiger charge is -1.84. The van der Waals surface area contributed by atoms with E-state index in [0.29, 0.717) is 11.5 Å². The number of hydrogen-bond acceptors (Lipinski definition) is 2. The van der Waals surface area contributed by atoms with Crippen molar-refractivity contribution < 1.29 is 4.42 Å². The zero-order chi connectivity index (χ0) is 10.3. The van der Waals surface area contributed by atoms with Gasteiger partial charge in [-0.05, 0) is 19.1 Å². The fraction of sp³-hybridized carbons (Fsp3) is 0.300. The van der Waals surface area contributed by atoms with Crippen LogP contribution < -0.4 is 5.76 Å². The molecule has 0 aliphatic rings. The van der Waals surface area contributed by atoms with E-state index < -0.39 is 5.76 Å². The van der Waals surface area contributed by atoms with Gasteiger partial charge in [-0.15, -0.1) is 0 Å². The van der Waals surface area contributed by atoms with Crippen LogP contribution in [-0.4, -0.2) is 4.98 Å². The third-order valence-electron chi connectivity index (χ3n) is 1.22. The maximum atomic E-state index is 10.6. The maximum absolute atomic E-state index is 10.6. The number of hydrogen-bond donors (Lipinski definition) is 1. The van der Waals surface area contributed by atoms with Gasteiger partial charge >= 0.3 is 5.76 Å².